The Labute approximate surface area is 353 Å². The maximum atomic E-state index is 6.74. The summed E-state index contributed by atoms with van der Waals surface area (Å²) in [6.45, 7) is 13.9. The van der Waals surface area contributed by atoms with Crippen LogP contribution in [0.4, 0.5) is 11.4 Å². The van der Waals surface area contributed by atoms with Crippen molar-refractivity contribution in [3.05, 3.63) is 162 Å². The number of aromatic nitrogens is 1. The van der Waals surface area contributed by atoms with E-state index in [2.05, 4.69) is 190 Å². The van der Waals surface area contributed by atoms with Crippen LogP contribution in [0.25, 0.3) is 93.6 Å². The molecule has 5 heteroatoms. The fourth-order valence-corrected chi connectivity index (χ4v) is 11.7. The standard InChI is InChI=1S/C56H41BN2O2/c1-30-23-40-37-24-36-33-13-7-10-16-42(33)56(5,6)43(36)27-46(37)59(32-21-19-31(20-22-32)55(2,3)4)57-44-28-50-39(35-15-9-12-18-49(35)60-50)26-47(44)58-45-29-51-38(34-14-8-11-17-48(34)61-51)25-41(45)52(30)54(58)53(40)57/h7-29H,1-6H3. The fourth-order valence-electron chi connectivity index (χ4n) is 11.7. The Morgan fingerprint density at radius 2 is 1.21 bits per heavy atom. The van der Waals surface area contributed by atoms with Crippen molar-refractivity contribution in [3.63, 3.8) is 0 Å². The minimum atomic E-state index is -0.151. The highest BCUT2D eigenvalue weighted by Crippen LogP contribution is 2.55. The lowest BCUT2D eigenvalue weighted by Gasteiger charge is -2.43. The molecule has 0 bridgehead atoms. The fraction of sp³-hybridized carbons (Fsp3) is 0.143. The van der Waals surface area contributed by atoms with Gasteiger partial charge in [-0.2, -0.15) is 0 Å². The Hall–Kier alpha value is -6.98. The van der Waals surface area contributed by atoms with Gasteiger partial charge in [0.05, 0.1) is 11.0 Å². The zero-order valence-electron chi connectivity index (χ0n) is 35.1. The molecule has 4 nitrogen and oxygen atoms in total. The Morgan fingerprint density at radius 3 is 1.95 bits per heavy atom. The number of rotatable bonds is 1. The lowest BCUT2D eigenvalue weighted by Crippen LogP contribution is -2.60. The second-order valence-electron chi connectivity index (χ2n) is 19.3. The van der Waals surface area contributed by atoms with Crippen LogP contribution in [-0.2, 0) is 10.8 Å². The second-order valence-corrected chi connectivity index (χ2v) is 19.3. The summed E-state index contributed by atoms with van der Waals surface area (Å²) in [5.74, 6) is 0. The van der Waals surface area contributed by atoms with Crippen LogP contribution >= 0.6 is 0 Å². The van der Waals surface area contributed by atoms with Gasteiger partial charge in [-0.1, -0.05) is 113 Å². The summed E-state index contributed by atoms with van der Waals surface area (Å²) >= 11 is 0. The molecule has 14 rings (SSSR count). The summed E-state index contributed by atoms with van der Waals surface area (Å²) in [5.41, 5.74) is 22.7. The topological polar surface area (TPSA) is 34.5 Å². The van der Waals surface area contributed by atoms with Crippen molar-refractivity contribution in [2.75, 3.05) is 4.81 Å². The van der Waals surface area contributed by atoms with Crippen LogP contribution in [-0.4, -0.2) is 11.4 Å². The van der Waals surface area contributed by atoms with Crippen LogP contribution in [0, 0.1) is 6.92 Å². The summed E-state index contributed by atoms with van der Waals surface area (Å²) in [7, 11) is 0. The van der Waals surface area contributed by atoms with Crippen molar-refractivity contribution in [1.82, 2.24) is 4.57 Å². The van der Waals surface area contributed by atoms with Crippen LogP contribution in [0.2, 0.25) is 0 Å². The van der Waals surface area contributed by atoms with E-state index >= 15 is 0 Å². The molecule has 0 saturated carbocycles. The predicted octanol–water partition coefficient (Wildman–Crippen LogP) is 13.7. The second kappa shape index (κ2) is 11.0. The third-order valence-corrected chi connectivity index (χ3v) is 14.6. The van der Waals surface area contributed by atoms with Crippen molar-refractivity contribution < 1.29 is 8.83 Å². The molecule has 0 fully saturated rings. The highest BCUT2D eigenvalue weighted by Gasteiger charge is 2.46. The average Bonchev–Trinajstić information content (AvgIpc) is 3.98. The van der Waals surface area contributed by atoms with Gasteiger partial charge in [-0.3, -0.25) is 0 Å². The van der Waals surface area contributed by atoms with Gasteiger partial charge in [0.15, 0.2) is 0 Å². The van der Waals surface area contributed by atoms with E-state index in [-0.39, 0.29) is 17.7 Å². The van der Waals surface area contributed by atoms with E-state index in [1.807, 2.05) is 0 Å². The molecular formula is C56H41BN2O2. The van der Waals surface area contributed by atoms with Crippen LogP contribution in [0.15, 0.2) is 148 Å². The maximum absolute atomic E-state index is 6.74. The van der Waals surface area contributed by atoms with Crippen LogP contribution in [0.3, 0.4) is 0 Å². The molecule has 0 unspecified atom stereocenters. The number of para-hydroxylation sites is 2. The number of fused-ring (bicyclic) bond motifs is 17. The predicted molar refractivity (Wildman–Crippen MR) is 255 cm³/mol. The lowest BCUT2D eigenvalue weighted by atomic mass is 9.43. The highest BCUT2D eigenvalue weighted by molar-refractivity contribution is 6.94. The van der Waals surface area contributed by atoms with Gasteiger partial charge in [0, 0.05) is 66.4 Å². The largest absolute Gasteiger partial charge is 0.456 e. The van der Waals surface area contributed by atoms with E-state index in [1.54, 1.807) is 0 Å². The van der Waals surface area contributed by atoms with E-state index in [1.165, 1.54) is 88.8 Å². The summed E-state index contributed by atoms with van der Waals surface area (Å²) in [6.07, 6.45) is 0. The Kier molecular flexibility index (Phi) is 6.12. The number of hydrogen-bond acceptors (Lipinski definition) is 3. The molecule has 61 heavy (non-hydrogen) atoms. The minimum Gasteiger partial charge on any atom is -0.456 e. The molecular weight excluding hydrogens is 743 g/mol. The van der Waals surface area contributed by atoms with E-state index in [0.717, 1.165) is 49.4 Å². The zero-order valence-corrected chi connectivity index (χ0v) is 35.1. The summed E-state index contributed by atoms with van der Waals surface area (Å²) in [6, 6.07) is 52.3. The first-order valence-electron chi connectivity index (χ1n) is 21.6. The lowest BCUT2D eigenvalue weighted by molar-refractivity contribution is 0.590. The van der Waals surface area contributed by atoms with E-state index in [4.69, 9.17) is 8.83 Å². The number of benzene rings is 8. The van der Waals surface area contributed by atoms with Crippen LogP contribution in [0.5, 0.6) is 0 Å². The molecule has 0 spiro atoms. The van der Waals surface area contributed by atoms with Crippen molar-refractivity contribution in [1.29, 1.82) is 0 Å². The number of anilines is 2. The Morgan fingerprint density at radius 1 is 0.541 bits per heavy atom. The molecule has 0 atom stereocenters. The molecule has 290 valence electrons. The van der Waals surface area contributed by atoms with Gasteiger partial charge in [0.1, 0.15) is 22.3 Å². The van der Waals surface area contributed by atoms with Gasteiger partial charge in [-0.05, 0) is 117 Å². The van der Waals surface area contributed by atoms with Crippen molar-refractivity contribution in [2.45, 2.75) is 52.4 Å². The van der Waals surface area contributed by atoms with Gasteiger partial charge < -0.3 is 18.2 Å². The first-order valence-corrected chi connectivity index (χ1v) is 21.6. The molecule has 11 aromatic rings. The molecule has 2 aliphatic heterocycles. The van der Waals surface area contributed by atoms with Crippen molar-refractivity contribution >= 4 is 94.8 Å². The summed E-state index contributed by atoms with van der Waals surface area (Å²) in [5, 5.41) is 7.09. The molecule has 0 amide bonds. The van der Waals surface area contributed by atoms with Crippen LogP contribution in [0.1, 0.15) is 56.9 Å². The molecule has 3 aliphatic rings. The number of hydrogen-bond donors (Lipinski definition) is 0. The molecule has 3 aromatic heterocycles. The van der Waals surface area contributed by atoms with Gasteiger partial charge in [-0.15, -0.1) is 0 Å². The number of aryl methyl sites for hydroxylation is 1. The summed E-state index contributed by atoms with van der Waals surface area (Å²) < 4.78 is 15.9. The van der Waals surface area contributed by atoms with Gasteiger partial charge in [-0.25, -0.2) is 0 Å². The molecule has 8 aromatic carbocycles. The minimum absolute atomic E-state index is 0.0288. The first kappa shape index (κ1) is 33.8. The molecule has 0 N–H and O–H groups in total. The van der Waals surface area contributed by atoms with Crippen molar-refractivity contribution in [2.24, 2.45) is 0 Å². The Bertz CT molecular complexity index is 3800. The van der Waals surface area contributed by atoms with E-state index in [0.29, 0.717) is 0 Å². The number of furan rings is 2. The average molecular weight is 785 g/mol. The maximum Gasteiger partial charge on any atom is 0.333 e. The number of nitrogens with zero attached hydrogens (tertiary/aromatic N) is 2. The molecule has 5 heterocycles. The molecule has 0 radical (unpaired) electrons. The molecule has 0 saturated heterocycles. The first-order chi connectivity index (χ1) is 29.5. The SMILES string of the molecule is Cc1cc2c3c4c1c1cc5c(cc1n4-c1cc4c(cc1B3N(c1ccc(C(C)(C)C)cc1)c1cc3c(cc1-2)-c1ccccc1C3(C)C)oc1ccccc14)oc1ccccc15. The zero-order chi connectivity index (χ0) is 40.8. The highest BCUT2D eigenvalue weighted by atomic mass is 16.3. The quantitative estimate of drug-likeness (QED) is 0.156. The van der Waals surface area contributed by atoms with Crippen LogP contribution < -0.4 is 15.7 Å². The summed E-state index contributed by atoms with van der Waals surface area (Å²) in [4.78, 5) is 2.66. The van der Waals surface area contributed by atoms with Gasteiger partial charge >= 0.3 is 6.85 Å². The third kappa shape index (κ3) is 4.17. The van der Waals surface area contributed by atoms with E-state index < -0.39 is 0 Å². The third-order valence-electron chi connectivity index (χ3n) is 14.6. The molecule has 1 aliphatic carbocycles. The van der Waals surface area contributed by atoms with E-state index in [9.17, 15) is 0 Å². The van der Waals surface area contributed by atoms with Gasteiger partial charge in [0.2, 0.25) is 0 Å². The van der Waals surface area contributed by atoms with Crippen molar-refractivity contribution in [3.8, 4) is 27.9 Å². The van der Waals surface area contributed by atoms with Gasteiger partial charge in [0.25, 0.3) is 0 Å². The smallest absolute Gasteiger partial charge is 0.333 e. The monoisotopic (exact) mass is 784 g/mol. The normalized spacial score (nSPS) is 14.8. The Balaban J connectivity index is 1.17.